The Labute approximate surface area is 193 Å². The number of amides is 1. The van der Waals surface area contributed by atoms with E-state index in [1.54, 1.807) is 18.2 Å². The maximum absolute atomic E-state index is 13.2. The highest BCUT2D eigenvalue weighted by atomic mass is 32.2. The molecule has 0 saturated heterocycles. The number of carboxylic acids is 1. The molecule has 11 heteroatoms. The third-order valence-electron chi connectivity index (χ3n) is 4.99. The standard InChI is InChI=1S/C22H31N5O5S/c1-2-3-13-27(15-20(28)29)21(30)19(9-6-12-25-22(23)24)26-33(31,32)18-11-10-16-7-4-5-8-17(16)14-18/h4-5,7-8,10-11,14,19,26H,2-3,6,9,12-13,15H2,1H3,(H,28,29)(H4,23,24,25)/t19-/m0/s1. The van der Waals surface area contributed by atoms with Crippen LogP contribution < -0.4 is 16.2 Å². The zero-order chi connectivity index (χ0) is 24.4. The first-order valence-corrected chi connectivity index (χ1v) is 12.2. The van der Waals surface area contributed by atoms with Gasteiger partial charge >= 0.3 is 5.97 Å². The minimum absolute atomic E-state index is 0.0153. The number of guanidine groups is 1. The summed E-state index contributed by atoms with van der Waals surface area (Å²) in [4.78, 5) is 29.5. The SMILES string of the molecule is CCCCN(CC(=O)O)C(=O)[C@H](CCCN=C(N)N)NS(=O)(=O)c1ccc2ccccc2c1. The lowest BCUT2D eigenvalue weighted by atomic mass is 10.1. The van der Waals surface area contributed by atoms with Crippen molar-refractivity contribution < 1.29 is 23.1 Å². The van der Waals surface area contributed by atoms with E-state index in [2.05, 4.69) is 9.71 Å². The van der Waals surface area contributed by atoms with Crippen molar-refractivity contribution in [2.45, 2.75) is 43.5 Å². The van der Waals surface area contributed by atoms with Crippen LogP contribution >= 0.6 is 0 Å². The first kappa shape index (κ1) is 26.1. The molecule has 0 aliphatic heterocycles. The van der Waals surface area contributed by atoms with Crippen LogP contribution in [-0.2, 0) is 19.6 Å². The monoisotopic (exact) mass is 477 g/mol. The summed E-state index contributed by atoms with van der Waals surface area (Å²) in [5, 5.41) is 10.8. The van der Waals surface area contributed by atoms with E-state index in [1.807, 2.05) is 19.1 Å². The average molecular weight is 478 g/mol. The summed E-state index contributed by atoms with van der Waals surface area (Å²) in [6, 6.07) is 10.9. The number of hydrogen-bond donors (Lipinski definition) is 4. The summed E-state index contributed by atoms with van der Waals surface area (Å²) in [5.74, 6) is -1.87. The van der Waals surface area contributed by atoms with Gasteiger partial charge in [0.15, 0.2) is 5.96 Å². The summed E-state index contributed by atoms with van der Waals surface area (Å²) in [6.07, 6.45) is 1.77. The van der Waals surface area contributed by atoms with E-state index in [4.69, 9.17) is 11.5 Å². The van der Waals surface area contributed by atoms with Gasteiger partial charge in [0, 0.05) is 13.1 Å². The van der Waals surface area contributed by atoms with Crippen LogP contribution in [0, 0.1) is 0 Å². The molecule has 0 fully saturated rings. The largest absolute Gasteiger partial charge is 0.480 e. The number of nitrogens with one attached hydrogen (secondary N) is 1. The van der Waals surface area contributed by atoms with Gasteiger partial charge in [0.2, 0.25) is 15.9 Å². The molecule has 0 bridgehead atoms. The van der Waals surface area contributed by atoms with Crippen molar-refractivity contribution in [3.63, 3.8) is 0 Å². The summed E-state index contributed by atoms with van der Waals surface area (Å²) in [6.45, 7) is 1.82. The number of nitrogens with zero attached hydrogens (tertiary/aromatic N) is 2. The second kappa shape index (κ2) is 12.2. The van der Waals surface area contributed by atoms with Gasteiger partial charge in [-0.15, -0.1) is 0 Å². The van der Waals surface area contributed by atoms with E-state index in [9.17, 15) is 23.1 Å². The number of carbonyl (C=O) groups excluding carboxylic acids is 1. The van der Waals surface area contributed by atoms with E-state index in [-0.39, 0.29) is 30.4 Å². The summed E-state index contributed by atoms with van der Waals surface area (Å²) < 4.78 is 28.7. The Morgan fingerprint density at radius 3 is 2.45 bits per heavy atom. The molecular formula is C22H31N5O5S. The Bertz CT molecular complexity index is 1100. The molecule has 0 radical (unpaired) electrons. The highest BCUT2D eigenvalue weighted by Crippen LogP contribution is 2.20. The molecule has 0 unspecified atom stereocenters. The molecule has 2 aromatic carbocycles. The maximum Gasteiger partial charge on any atom is 0.323 e. The molecule has 0 aliphatic carbocycles. The number of hydrogen-bond acceptors (Lipinski definition) is 5. The number of rotatable bonds is 13. The normalized spacial score (nSPS) is 12.3. The highest BCUT2D eigenvalue weighted by Gasteiger charge is 2.30. The quantitative estimate of drug-likeness (QED) is 0.191. The molecule has 1 amide bonds. The zero-order valence-corrected chi connectivity index (χ0v) is 19.4. The van der Waals surface area contributed by atoms with Crippen molar-refractivity contribution in [1.82, 2.24) is 9.62 Å². The van der Waals surface area contributed by atoms with E-state index in [0.29, 0.717) is 12.8 Å². The fourth-order valence-corrected chi connectivity index (χ4v) is 4.58. The minimum Gasteiger partial charge on any atom is -0.480 e. The van der Waals surface area contributed by atoms with Gasteiger partial charge < -0.3 is 21.5 Å². The van der Waals surface area contributed by atoms with Crippen LogP contribution in [0.3, 0.4) is 0 Å². The van der Waals surface area contributed by atoms with Gasteiger partial charge in [-0.3, -0.25) is 14.6 Å². The van der Waals surface area contributed by atoms with Gasteiger partial charge in [0.05, 0.1) is 4.90 Å². The predicted octanol–water partition coefficient (Wildman–Crippen LogP) is 1.25. The second-order valence-electron chi connectivity index (χ2n) is 7.64. The van der Waals surface area contributed by atoms with Gasteiger partial charge in [-0.2, -0.15) is 4.72 Å². The molecule has 0 saturated carbocycles. The molecular weight excluding hydrogens is 446 g/mol. The molecule has 0 aromatic heterocycles. The molecule has 0 spiro atoms. The minimum atomic E-state index is -4.06. The molecule has 2 aromatic rings. The van der Waals surface area contributed by atoms with Crippen LogP contribution in [-0.4, -0.2) is 61.9 Å². The number of carboxylic acid groups (broad SMARTS) is 1. The van der Waals surface area contributed by atoms with E-state index in [0.717, 1.165) is 17.2 Å². The fourth-order valence-electron chi connectivity index (χ4n) is 3.33. The van der Waals surface area contributed by atoms with Crippen LogP contribution in [0.4, 0.5) is 0 Å². The van der Waals surface area contributed by atoms with Gasteiger partial charge in [-0.05, 0) is 42.2 Å². The topological polar surface area (TPSA) is 168 Å². The van der Waals surface area contributed by atoms with Gasteiger partial charge in [0.25, 0.3) is 0 Å². The van der Waals surface area contributed by atoms with Crippen LogP contribution in [0.15, 0.2) is 52.4 Å². The Morgan fingerprint density at radius 2 is 1.82 bits per heavy atom. The van der Waals surface area contributed by atoms with Gasteiger partial charge in [-0.1, -0.05) is 43.7 Å². The lowest BCUT2D eigenvalue weighted by Crippen LogP contribution is -2.50. The van der Waals surface area contributed by atoms with Crippen LogP contribution in [0.5, 0.6) is 0 Å². The number of fused-ring (bicyclic) bond motifs is 1. The molecule has 0 aliphatic rings. The maximum atomic E-state index is 13.2. The van der Waals surface area contributed by atoms with Crippen LogP contribution in [0.2, 0.25) is 0 Å². The Morgan fingerprint density at radius 1 is 1.12 bits per heavy atom. The van der Waals surface area contributed by atoms with Crippen molar-refractivity contribution in [1.29, 1.82) is 0 Å². The Kier molecular flexibility index (Phi) is 9.61. The lowest BCUT2D eigenvalue weighted by molar-refractivity contribution is -0.145. The second-order valence-corrected chi connectivity index (χ2v) is 9.35. The van der Waals surface area contributed by atoms with Crippen LogP contribution in [0.25, 0.3) is 10.8 Å². The number of nitrogens with two attached hydrogens (primary N) is 2. The summed E-state index contributed by atoms with van der Waals surface area (Å²) in [5.41, 5.74) is 10.7. The Balaban J connectivity index is 2.30. The molecule has 1 atom stereocenters. The number of carbonyl (C=O) groups is 2. The lowest BCUT2D eigenvalue weighted by Gasteiger charge is -2.26. The number of unbranched alkanes of at least 4 members (excludes halogenated alkanes) is 1. The van der Waals surface area contributed by atoms with Gasteiger partial charge in [0.1, 0.15) is 12.6 Å². The molecule has 2 rings (SSSR count). The van der Waals surface area contributed by atoms with E-state index in [1.165, 1.54) is 17.0 Å². The first-order chi connectivity index (χ1) is 15.6. The number of benzene rings is 2. The summed E-state index contributed by atoms with van der Waals surface area (Å²) >= 11 is 0. The van der Waals surface area contributed by atoms with Crippen molar-refractivity contribution >= 4 is 38.6 Å². The highest BCUT2D eigenvalue weighted by molar-refractivity contribution is 7.89. The molecule has 10 nitrogen and oxygen atoms in total. The number of sulfonamides is 1. The number of aliphatic carboxylic acids is 1. The average Bonchev–Trinajstić information content (AvgIpc) is 2.77. The van der Waals surface area contributed by atoms with Crippen molar-refractivity contribution in [2.75, 3.05) is 19.6 Å². The molecule has 0 heterocycles. The van der Waals surface area contributed by atoms with E-state index >= 15 is 0 Å². The smallest absolute Gasteiger partial charge is 0.323 e. The van der Waals surface area contributed by atoms with Crippen molar-refractivity contribution in [2.24, 2.45) is 16.5 Å². The molecule has 6 N–H and O–H groups in total. The first-order valence-electron chi connectivity index (χ1n) is 10.7. The fraction of sp³-hybridized carbons (Fsp3) is 0.409. The van der Waals surface area contributed by atoms with Crippen molar-refractivity contribution in [3.8, 4) is 0 Å². The van der Waals surface area contributed by atoms with E-state index < -0.39 is 34.5 Å². The van der Waals surface area contributed by atoms with Gasteiger partial charge in [-0.25, -0.2) is 8.42 Å². The third-order valence-corrected chi connectivity index (χ3v) is 6.46. The van der Waals surface area contributed by atoms with Crippen molar-refractivity contribution in [3.05, 3.63) is 42.5 Å². The molecule has 33 heavy (non-hydrogen) atoms. The number of aliphatic imine (C=N–C) groups is 1. The molecule has 180 valence electrons. The Hall–Kier alpha value is -3.18. The van der Waals surface area contributed by atoms with Crippen LogP contribution in [0.1, 0.15) is 32.6 Å². The summed E-state index contributed by atoms with van der Waals surface area (Å²) in [7, 11) is -4.06. The predicted molar refractivity (Wildman–Crippen MR) is 127 cm³/mol. The zero-order valence-electron chi connectivity index (χ0n) is 18.6. The third kappa shape index (κ3) is 8.03.